The van der Waals surface area contributed by atoms with Crippen molar-refractivity contribution in [1.82, 2.24) is 35.3 Å². The van der Waals surface area contributed by atoms with Crippen LogP contribution in [0.2, 0.25) is 0 Å². The molecule has 0 bridgehead atoms. The Morgan fingerprint density at radius 2 is 2.00 bits per heavy atom. The van der Waals surface area contributed by atoms with Crippen LogP contribution in [0.5, 0.6) is 0 Å². The summed E-state index contributed by atoms with van der Waals surface area (Å²) >= 11 is 0. The topological polar surface area (TPSA) is 90.5 Å². The van der Waals surface area contributed by atoms with Gasteiger partial charge < -0.3 is 5.32 Å². The third kappa shape index (κ3) is 4.28. The summed E-state index contributed by atoms with van der Waals surface area (Å²) in [6.07, 6.45) is 1.56. The van der Waals surface area contributed by atoms with Gasteiger partial charge in [0, 0.05) is 17.3 Å². The Morgan fingerprint density at radius 1 is 1.24 bits per heavy atom. The van der Waals surface area contributed by atoms with Gasteiger partial charge in [0.25, 0.3) is 5.91 Å². The Hall–Kier alpha value is -3.03. The van der Waals surface area contributed by atoms with Crippen LogP contribution in [0.3, 0.4) is 0 Å². The van der Waals surface area contributed by atoms with E-state index in [0.29, 0.717) is 18.7 Å². The number of carbonyl (C=O) groups excluding carboxylic acids is 1. The normalized spacial score (nSPS) is 12.1. The van der Waals surface area contributed by atoms with E-state index in [4.69, 9.17) is 0 Å². The third-order valence-electron chi connectivity index (χ3n) is 3.88. The van der Waals surface area contributed by atoms with Crippen molar-refractivity contribution in [3.63, 3.8) is 0 Å². The molecule has 0 aliphatic heterocycles. The van der Waals surface area contributed by atoms with Crippen LogP contribution >= 0.6 is 0 Å². The first-order chi connectivity index (χ1) is 12.0. The molecular weight excluding hydrogens is 318 g/mol. The van der Waals surface area contributed by atoms with Crippen molar-refractivity contribution in [2.75, 3.05) is 0 Å². The lowest BCUT2D eigenvalue weighted by Gasteiger charge is -2.15. The van der Waals surface area contributed by atoms with Crippen LogP contribution in [0.25, 0.3) is 0 Å². The lowest BCUT2D eigenvalue weighted by Crippen LogP contribution is -2.36. The maximum absolute atomic E-state index is 12.4. The Morgan fingerprint density at radius 3 is 2.60 bits per heavy atom. The molecule has 3 rings (SSSR count). The van der Waals surface area contributed by atoms with E-state index in [-0.39, 0.29) is 11.9 Å². The number of hydrogen-bond donors (Lipinski definition) is 1. The molecular formula is C17H21N7O. The largest absolute Gasteiger partial charge is 0.348 e. The van der Waals surface area contributed by atoms with E-state index in [1.807, 2.05) is 55.8 Å². The van der Waals surface area contributed by atoms with Crippen LogP contribution in [0.4, 0.5) is 0 Å². The summed E-state index contributed by atoms with van der Waals surface area (Å²) in [6, 6.07) is 9.44. The number of benzene rings is 1. The third-order valence-corrected chi connectivity index (χ3v) is 3.88. The molecule has 0 saturated heterocycles. The number of nitrogens with zero attached hydrogens (tertiary/aromatic N) is 6. The van der Waals surface area contributed by atoms with Crippen LogP contribution in [0.15, 0.2) is 36.7 Å². The van der Waals surface area contributed by atoms with Gasteiger partial charge in [-0.2, -0.15) is 5.10 Å². The number of aryl methyl sites for hydroxylation is 2. The molecule has 130 valence electrons. The van der Waals surface area contributed by atoms with Gasteiger partial charge in [0.05, 0.1) is 18.8 Å². The number of tetrazole rings is 1. The van der Waals surface area contributed by atoms with Gasteiger partial charge in [-0.15, -0.1) is 5.10 Å². The average Bonchev–Trinajstić information content (AvgIpc) is 3.18. The molecule has 0 unspecified atom stereocenters. The molecule has 3 aromatic rings. The van der Waals surface area contributed by atoms with Gasteiger partial charge in [0.15, 0.2) is 0 Å². The maximum Gasteiger partial charge on any atom is 0.251 e. The monoisotopic (exact) mass is 339 g/mol. The van der Waals surface area contributed by atoms with E-state index < -0.39 is 0 Å². The molecule has 2 heterocycles. The van der Waals surface area contributed by atoms with Gasteiger partial charge in [-0.3, -0.25) is 9.48 Å². The molecule has 0 saturated carbocycles. The number of aromatic nitrogens is 6. The lowest BCUT2D eigenvalue weighted by molar-refractivity contribution is 0.0936. The fourth-order valence-electron chi connectivity index (χ4n) is 2.67. The minimum absolute atomic E-state index is 0.0219. The Labute approximate surface area is 145 Å². The summed E-state index contributed by atoms with van der Waals surface area (Å²) in [5.41, 5.74) is 3.72. The smallest absolute Gasteiger partial charge is 0.251 e. The number of rotatable bonds is 6. The highest BCUT2D eigenvalue weighted by molar-refractivity contribution is 5.94. The van der Waals surface area contributed by atoms with Crippen molar-refractivity contribution >= 4 is 5.91 Å². The summed E-state index contributed by atoms with van der Waals surface area (Å²) in [7, 11) is 0. The zero-order valence-corrected chi connectivity index (χ0v) is 14.5. The highest BCUT2D eigenvalue weighted by Crippen LogP contribution is 2.07. The zero-order chi connectivity index (χ0) is 17.8. The van der Waals surface area contributed by atoms with Crippen molar-refractivity contribution in [1.29, 1.82) is 0 Å². The van der Waals surface area contributed by atoms with Crippen molar-refractivity contribution < 1.29 is 4.79 Å². The quantitative estimate of drug-likeness (QED) is 0.732. The molecule has 25 heavy (non-hydrogen) atoms. The number of hydrogen-bond acceptors (Lipinski definition) is 5. The van der Waals surface area contributed by atoms with Crippen molar-refractivity contribution in [2.45, 2.75) is 39.9 Å². The Kier molecular flexibility index (Phi) is 4.87. The molecule has 1 amide bonds. The van der Waals surface area contributed by atoms with Crippen molar-refractivity contribution in [3.8, 4) is 0 Å². The van der Waals surface area contributed by atoms with Crippen LogP contribution in [-0.4, -0.2) is 41.9 Å². The average molecular weight is 339 g/mol. The molecule has 0 radical (unpaired) electrons. The zero-order valence-electron chi connectivity index (χ0n) is 14.5. The first kappa shape index (κ1) is 16.8. The maximum atomic E-state index is 12.4. The van der Waals surface area contributed by atoms with Crippen LogP contribution < -0.4 is 5.32 Å². The van der Waals surface area contributed by atoms with Gasteiger partial charge >= 0.3 is 0 Å². The van der Waals surface area contributed by atoms with Crippen LogP contribution in [-0.2, 0) is 13.1 Å². The first-order valence-corrected chi connectivity index (χ1v) is 8.13. The number of amides is 1. The van der Waals surface area contributed by atoms with E-state index in [1.54, 1.807) is 11.0 Å². The van der Waals surface area contributed by atoms with Crippen molar-refractivity contribution in [3.05, 3.63) is 59.2 Å². The van der Waals surface area contributed by atoms with Gasteiger partial charge in [0.2, 0.25) is 0 Å². The van der Waals surface area contributed by atoms with Gasteiger partial charge in [0.1, 0.15) is 6.33 Å². The molecule has 8 nitrogen and oxygen atoms in total. The fraction of sp³-hybridized carbons (Fsp3) is 0.353. The van der Waals surface area contributed by atoms with Gasteiger partial charge in [-0.1, -0.05) is 12.1 Å². The highest BCUT2D eigenvalue weighted by atomic mass is 16.1. The second kappa shape index (κ2) is 7.25. The minimum atomic E-state index is -0.0944. The molecule has 8 heteroatoms. The molecule has 0 spiro atoms. The SMILES string of the molecule is Cc1cc(C)n(C[C@@H](C)NC(=O)c2ccc(Cn3cnnn3)cc2)n1. The predicted octanol–water partition coefficient (Wildman–Crippen LogP) is 1.35. The van der Waals surface area contributed by atoms with E-state index >= 15 is 0 Å². The van der Waals surface area contributed by atoms with Crippen molar-refractivity contribution in [2.24, 2.45) is 0 Å². The number of nitrogens with one attached hydrogen (secondary N) is 1. The molecule has 0 fully saturated rings. The fourth-order valence-corrected chi connectivity index (χ4v) is 2.67. The second-order valence-electron chi connectivity index (χ2n) is 6.19. The van der Waals surface area contributed by atoms with E-state index in [2.05, 4.69) is 25.9 Å². The summed E-state index contributed by atoms with van der Waals surface area (Å²) in [4.78, 5) is 12.4. The summed E-state index contributed by atoms with van der Waals surface area (Å²) in [5.74, 6) is -0.0944. The van der Waals surface area contributed by atoms with Gasteiger partial charge in [-0.25, -0.2) is 4.68 Å². The molecule has 0 aliphatic carbocycles. The summed E-state index contributed by atoms with van der Waals surface area (Å²) in [5, 5.41) is 18.5. The Bertz CT molecular complexity index is 837. The predicted molar refractivity (Wildman–Crippen MR) is 92.0 cm³/mol. The van der Waals surface area contributed by atoms with E-state index in [1.165, 1.54) is 0 Å². The highest BCUT2D eigenvalue weighted by Gasteiger charge is 2.12. The molecule has 1 N–H and O–H groups in total. The molecule has 0 aliphatic rings. The van der Waals surface area contributed by atoms with Crippen LogP contribution in [0, 0.1) is 13.8 Å². The number of carbonyl (C=O) groups is 1. The van der Waals surface area contributed by atoms with Crippen LogP contribution in [0.1, 0.15) is 34.2 Å². The molecule has 2 aromatic heterocycles. The molecule has 1 aromatic carbocycles. The standard InChI is InChI=1S/C17H21N7O/c1-12-8-14(3)24(20-12)9-13(2)19-17(25)16-6-4-15(5-7-16)10-23-11-18-21-22-23/h4-8,11,13H,9-10H2,1-3H3,(H,19,25)/t13-/m1/s1. The van der Waals surface area contributed by atoms with E-state index in [9.17, 15) is 4.79 Å². The lowest BCUT2D eigenvalue weighted by atomic mass is 10.1. The summed E-state index contributed by atoms with van der Waals surface area (Å²) in [6.45, 7) is 7.16. The Balaban J connectivity index is 1.58. The minimum Gasteiger partial charge on any atom is -0.348 e. The van der Waals surface area contributed by atoms with E-state index in [0.717, 1.165) is 17.0 Å². The van der Waals surface area contributed by atoms with Gasteiger partial charge in [-0.05, 0) is 55.0 Å². The summed E-state index contributed by atoms with van der Waals surface area (Å²) < 4.78 is 3.54. The first-order valence-electron chi connectivity index (χ1n) is 8.13. The molecule has 1 atom stereocenters. The second-order valence-corrected chi connectivity index (χ2v) is 6.19.